The van der Waals surface area contributed by atoms with E-state index in [9.17, 15) is 18.0 Å². The Morgan fingerprint density at radius 3 is 2.96 bits per heavy atom. The lowest BCUT2D eigenvalue weighted by atomic mass is 9.97. The molecule has 0 radical (unpaired) electrons. The standard InChI is InChI=1S/C17H14ClF3N2O2/c1-9(10-4-2-6-12(14(10)18)17(19,20)21)15(24)23-13-8-25-16-11(13)5-3-7-22-16/h2-7,9,13H,8H2,1H3,(H,23,24)/t9-,13-/m1/s1/i1D3. The van der Waals surface area contributed by atoms with Gasteiger partial charge in [-0.2, -0.15) is 13.2 Å². The average Bonchev–Trinajstić information content (AvgIpc) is 2.97. The van der Waals surface area contributed by atoms with E-state index in [0.717, 1.165) is 18.2 Å². The van der Waals surface area contributed by atoms with E-state index in [2.05, 4.69) is 10.3 Å². The number of fused-ring (bicyclic) bond motifs is 1. The topological polar surface area (TPSA) is 51.2 Å². The van der Waals surface area contributed by atoms with E-state index in [0.29, 0.717) is 11.4 Å². The number of ether oxygens (including phenoxy) is 1. The molecule has 1 aromatic heterocycles. The summed E-state index contributed by atoms with van der Waals surface area (Å²) in [6, 6.07) is 5.46. The van der Waals surface area contributed by atoms with Crippen LogP contribution in [0.4, 0.5) is 13.2 Å². The zero-order valence-corrected chi connectivity index (χ0v) is 13.4. The second kappa shape index (κ2) is 6.55. The molecule has 2 aromatic rings. The zero-order valence-electron chi connectivity index (χ0n) is 15.6. The van der Waals surface area contributed by atoms with Gasteiger partial charge in [0.15, 0.2) is 0 Å². The van der Waals surface area contributed by atoms with Gasteiger partial charge in [0.25, 0.3) is 0 Å². The van der Waals surface area contributed by atoms with Crippen molar-refractivity contribution in [1.29, 1.82) is 0 Å². The van der Waals surface area contributed by atoms with Crippen LogP contribution in [-0.2, 0) is 11.0 Å². The SMILES string of the molecule is [2H]C([2H])([2H])[C@@H](C(=O)N[C@@H]1COc2ncccc21)c1cccc(C(F)(F)F)c1Cl. The van der Waals surface area contributed by atoms with Gasteiger partial charge in [0, 0.05) is 15.9 Å². The molecule has 1 amide bonds. The molecule has 4 nitrogen and oxygen atoms in total. The smallest absolute Gasteiger partial charge is 0.417 e. The Balaban J connectivity index is 1.96. The van der Waals surface area contributed by atoms with Crippen molar-refractivity contribution in [3.05, 3.63) is 58.2 Å². The van der Waals surface area contributed by atoms with Gasteiger partial charge in [-0.1, -0.05) is 23.7 Å². The highest BCUT2D eigenvalue weighted by molar-refractivity contribution is 6.32. The van der Waals surface area contributed by atoms with Crippen LogP contribution in [0.5, 0.6) is 5.88 Å². The number of amides is 1. The van der Waals surface area contributed by atoms with E-state index in [1.54, 1.807) is 12.1 Å². The van der Waals surface area contributed by atoms with Gasteiger partial charge < -0.3 is 10.1 Å². The number of hydrogen-bond donors (Lipinski definition) is 1. The largest absolute Gasteiger partial charge is 0.475 e. The van der Waals surface area contributed by atoms with Crippen LogP contribution in [-0.4, -0.2) is 17.5 Å². The molecule has 2 heterocycles. The zero-order chi connectivity index (χ0) is 20.7. The molecule has 0 saturated carbocycles. The second-order valence-electron chi connectivity index (χ2n) is 5.41. The molecule has 0 spiro atoms. The molecule has 132 valence electrons. The predicted octanol–water partition coefficient (Wildman–Crippen LogP) is 4.11. The second-order valence-corrected chi connectivity index (χ2v) is 5.79. The molecule has 8 heteroatoms. The third-order valence-corrected chi connectivity index (χ3v) is 4.21. The summed E-state index contributed by atoms with van der Waals surface area (Å²) in [5, 5.41) is 1.71. The van der Waals surface area contributed by atoms with Crippen molar-refractivity contribution in [1.82, 2.24) is 10.3 Å². The molecule has 1 aromatic carbocycles. The fourth-order valence-corrected chi connectivity index (χ4v) is 2.89. The highest BCUT2D eigenvalue weighted by Crippen LogP contribution is 2.38. The van der Waals surface area contributed by atoms with Crippen molar-refractivity contribution >= 4 is 17.5 Å². The number of nitrogens with zero attached hydrogens (tertiary/aromatic N) is 1. The highest BCUT2D eigenvalue weighted by Gasteiger charge is 2.35. The molecular weight excluding hydrogens is 357 g/mol. The number of carbonyl (C=O) groups excluding carboxylic acids is 1. The molecule has 0 aliphatic carbocycles. The molecule has 25 heavy (non-hydrogen) atoms. The number of aromatic nitrogens is 1. The van der Waals surface area contributed by atoms with Gasteiger partial charge in [0.1, 0.15) is 6.61 Å². The molecule has 2 atom stereocenters. The van der Waals surface area contributed by atoms with Crippen LogP contribution in [0.2, 0.25) is 5.02 Å². The van der Waals surface area contributed by atoms with Crippen LogP contribution in [0.3, 0.4) is 0 Å². The molecule has 1 aliphatic heterocycles. The lowest BCUT2D eigenvalue weighted by molar-refractivity contribution is -0.137. The number of hydrogen-bond acceptors (Lipinski definition) is 3. The Hall–Kier alpha value is -2.28. The lowest BCUT2D eigenvalue weighted by Crippen LogP contribution is -2.33. The van der Waals surface area contributed by atoms with E-state index in [1.807, 2.05) is 0 Å². The minimum absolute atomic E-state index is 0.0299. The van der Waals surface area contributed by atoms with Crippen LogP contribution in [0.25, 0.3) is 0 Å². The van der Waals surface area contributed by atoms with Crippen molar-refractivity contribution in [2.75, 3.05) is 6.61 Å². The average molecular weight is 374 g/mol. The van der Waals surface area contributed by atoms with Gasteiger partial charge in [0.05, 0.1) is 22.5 Å². The van der Waals surface area contributed by atoms with Crippen molar-refractivity contribution in [3.8, 4) is 5.88 Å². The summed E-state index contributed by atoms with van der Waals surface area (Å²) in [5.74, 6) is -2.56. The third-order valence-electron chi connectivity index (χ3n) is 3.79. The maximum Gasteiger partial charge on any atom is 0.417 e. The molecule has 0 saturated heterocycles. The van der Waals surface area contributed by atoms with E-state index < -0.39 is 47.0 Å². The summed E-state index contributed by atoms with van der Waals surface area (Å²) in [6.45, 7) is -2.89. The van der Waals surface area contributed by atoms with Gasteiger partial charge in [-0.25, -0.2) is 4.98 Å². The molecular formula is C17H14ClF3N2O2. The third kappa shape index (κ3) is 3.42. The normalized spacial score (nSPS) is 19.8. The number of carbonyl (C=O) groups is 1. The number of pyridine rings is 1. The maximum absolute atomic E-state index is 13.1. The van der Waals surface area contributed by atoms with Crippen LogP contribution in [0.1, 0.15) is 39.6 Å². The highest BCUT2D eigenvalue weighted by atomic mass is 35.5. The number of alkyl halides is 3. The molecule has 3 rings (SSSR count). The molecule has 0 bridgehead atoms. The summed E-state index contributed by atoms with van der Waals surface area (Å²) in [6.07, 6.45) is -3.29. The van der Waals surface area contributed by atoms with E-state index in [1.165, 1.54) is 6.20 Å². The quantitative estimate of drug-likeness (QED) is 0.881. The van der Waals surface area contributed by atoms with Crippen LogP contribution >= 0.6 is 11.6 Å². The van der Waals surface area contributed by atoms with Crippen LogP contribution < -0.4 is 10.1 Å². The minimum atomic E-state index is -4.78. The fraction of sp³-hybridized carbons (Fsp3) is 0.294. The van der Waals surface area contributed by atoms with Crippen LogP contribution in [0.15, 0.2) is 36.5 Å². The summed E-state index contributed by atoms with van der Waals surface area (Å²) in [4.78, 5) is 16.8. The molecule has 0 fully saturated rings. The number of halogens is 4. The Labute approximate surface area is 151 Å². The summed E-state index contributed by atoms with van der Waals surface area (Å²) >= 11 is 5.85. The first-order chi connectivity index (χ1) is 13.0. The van der Waals surface area contributed by atoms with Gasteiger partial charge in [-0.05, 0) is 30.6 Å². The summed E-state index contributed by atoms with van der Waals surface area (Å²) < 4.78 is 67.8. The monoisotopic (exact) mass is 373 g/mol. The number of benzene rings is 1. The van der Waals surface area contributed by atoms with Gasteiger partial charge in [0.2, 0.25) is 11.8 Å². The van der Waals surface area contributed by atoms with Crippen molar-refractivity contribution in [2.45, 2.75) is 25.0 Å². The predicted molar refractivity (Wildman–Crippen MR) is 85.5 cm³/mol. The van der Waals surface area contributed by atoms with Crippen molar-refractivity contribution in [3.63, 3.8) is 0 Å². The van der Waals surface area contributed by atoms with Crippen molar-refractivity contribution in [2.24, 2.45) is 0 Å². The Morgan fingerprint density at radius 2 is 2.24 bits per heavy atom. The lowest BCUT2D eigenvalue weighted by Gasteiger charge is -2.19. The molecule has 1 N–H and O–H groups in total. The molecule has 1 aliphatic rings. The first-order valence-corrected chi connectivity index (χ1v) is 7.61. The Kier molecular flexibility index (Phi) is 3.66. The Bertz CT molecular complexity index is 906. The van der Waals surface area contributed by atoms with Gasteiger partial charge >= 0.3 is 6.18 Å². The maximum atomic E-state index is 13.1. The van der Waals surface area contributed by atoms with E-state index in [4.69, 9.17) is 20.5 Å². The van der Waals surface area contributed by atoms with Gasteiger partial charge in [-0.3, -0.25) is 4.79 Å². The van der Waals surface area contributed by atoms with Crippen LogP contribution in [0, 0.1) is 0 Å². The Morgan fingerprint density at radius 1 is 1.44 bits per heavy atom. The summed E-state index contributed by atoms with van der Waals surface area (Å²) in [5.41, 5.74) is -1.07. The molecule has 0 unspecified atom stereocenters. The van der Waals surface area contributed by atoms with Crippen molar-refractivity contribution < 1.29 is 26.8 Å². The summed E-state index contributed by atoms with van der Waals surface area (Å²) in [7, 11) is 0. The fourth-order valence-electron chi connectivity index (χ4n) is 2.55. The van der Waals surface area contributed by atoms with E-state index in [-0.39, 0.29) is 6.61 Å². The minimum Gasteiger partial charge on any atom is -0.475 e. The number of nitrogens with one attached hydrogen (secondary N) is 1. The number of rotatable bonds is 3. The van der Waals surface area contributed by atoms with Gasteiger partial charge in [-0.15, -0.1) is 0 Å². The first kappa shape index (κ1) is 13.9. The van der Waals surface area contributed by atoms with E-state index >= 15 is 0 Å². The first-order valence-electron chi connectivity index (χ1n) is 8.74.